The molecule has 0 saturated carbocycles. The number of rotatable bonds is 73. The molecule has 0 aliphatic heterocycles. The minimum Gasteiger partial charge on any atom is -0.462 e. The maximum Gasteiger partial charge on any atom is 0.472 e. The second-order valence-corrected chi connectivity index (χ2v) is 32.0. The molecule has 0 radical (unpaired) electrons. The van der Waals surface area contributed by atoms with E-state index in [1.807, 2.05) is 0 Å². The number of aliphatic hydroxyl groups excluding tert-OH is 1. The Morgan fingerprint density at radius 2 is 0.505 bits per heavy atom. The van der Waals surface area contributed by atoms with Gasteiger partial charge in [0.05, 0.1) is 26.4 Å². The van der Waals surface area contributed by atoms with Gasteiger partial charge in [-0.3, -0.25) is 37.3 Å². The average Bonchev–Trinajstić information content (AvgIpc) is 2.10. The Bertz CT molecular complexity index is 1870. The van der Waals surface area contributed by atoms with E-state index in [4.69, 9.17) is 37.0 Å². The van der Waals surface area contributed by atoms with Gasteiger partial charge in [-0.15, -0.1) is 0 Å². The van der Waals surface area contributed by atoms with Crippen molar-refractivity contribution in [3.8, 4) is 0 Å². The zero-order valence-corrected chi connectivity index (χ0v) is 64.1. The molecule has 0 heterocycles. The molecule has 0 bridgehead atoms. The third-order valence-electron chi connectivity index (χ3n) is 17.9. The molecular formula is C76H148O17P2. The van der Waals surface area contributed by atoms with Crippen molar-refractivity contribution in [1.29, 1.82) is 0 Å². The van der Waals surface area contributed by atoms with Gasteiger partial charge in [-0.1, -0.05) is 331 Å². The van der Waals surface area contributed by atoms with E-state index in [1.54, 1.807) is 0 Å². The van der Waals surface area contributed by atoms with Gasteiger partial charge in [0.15, 0.2) is 12.2 Å². The molecule has 0 aromatic rings. The number of ether oxygens (including phenoxy) is 4. The molecule has 0 aliphatic rings. The SMILES string of the molecule is CCC(C)CCCCCCCCC(=O)OC[C@H](COP(=O)(O)OC[C@H](O)COP(=O)(O)OC[C@@H](COC(=O)CCCCCCCCCCCCCCCCCC(C)C)OC(=O)CCCCCCCCCCCCCCCC(C)C)OC(=O)CCCCCCCCCCC(C)C. The normalized spacial score (nSPS) is 14.4. The lowest BCUT2D eigenvalue weighted by molar-refractivity contribution is -0.161. The number of carbonyl (C=O) groups is 4. The lowest BCUT2D eigenvalue weighted by Gasteiger charge is -2.21. The molecule has 0 fully saturated rings. The van der Waals surface area contributed by atoms with Gasteiger partial charge in [0.1, 0.15) is 19.3 Å². The van der Waals surface area contributed by atoms with E-state index in [1.165, 1.54) is 180 Å². The third kappa shape index (κ3) is 69.0. The molecule has 0 saturated heterocycles. The van der Waals surface area contributed by atoms with Gasteiger partial charge in [-0.2, -0.15) is 0 Å². The van der Waals surface area contributed by atoms with E-state index < -0.39 is 97.5 Å². The third-order valence-corrected chi connectivity index (χ3v) is 19.8. The van der Waals surface area contributed by atoms with Crippen LogP contribution in [0.2, 0.25) is 0 Å². The van der Waals surface area contributed by atoms with Gasteiger partial charge < -0.3 is 33.8 Å². The largest absolute Gasteiger partial charge is 0.472 e. The number of phosphoric ester groups is 2. The monoisotopic (exact) mass is 1400 g/mol. The Morgan fingerprint density at radius 3 is 0.747 bits per heavy atom. The Labute approximate surface area is 581 Å². The first-order valence-electron chi connectivity index (χ1n) is 39.2. The average molecular weight is 1400 g/mol. The van der Waals surface area contributed by atoms with E-state index in [0.29, 0.717) is 25.7 Å². The van der Waals surface area contributed by atoms with Crippen molar-refractivity contribution < 1.29 is 80.2 Å². The van der Waals surface area contributed by atoms with Crippen molar-refractivity contribution in [2.45, 2.75) is 401 Å². The number of phosphoric acid groups is 2. The van der Waals surface area contributed by atoms with Crippen LogP contribution in [-0.4, -0.2) is 96.7 Å². The Kier molecular flexibility index (Phi) is 64.0. The van der Waals surface area contributed by atoms with Gasteiger partial charge in [-0.25, -0.2) is 9.13 Å². The predicted octanol–water partition coefficient (Wildman–Crippen LogP) is 22.0. The van der Waals surface area contributed by atoms with Crippen LogP contribution in [0.3, 0.4) is 0 Å². The highest BCUT2D eigenvalue weighted by Gasteiger charge is 2.30. The summed E-state index contributed by atoms with van der Waals surface area (Å²) in [5.41, 5.74) is 0. The fraction of sp³-hybridized carbons (Fsp3) is 0.947. The Balaban J connectivity index is 5.24. The van der Waals surface area contributed by atoms with Crippen LogP contribution in [0.4, 0.5) is 0 Å². The van der Waals surface area contributed by atoms with E-state index in [0.717, 1.165) is 120 Å². The van der Waals surface area contributed by atoms with Crippen LogP contribution in [-0.2, 0) is 65.4 Å². The van der Waals surface area contributed by atoms with Crippen molar-refractivity contribution >= 4 is 39.5 Å². The van der Waals surface area contributed by atoms with Gasteiger partial charge in [0.2, 0.25) is 0 Å². The standard InChI is InChI=1S/C76H148O17P2/c1-9-69(8)55-47-39-34-35-41-49-57-74(79)87-63-72(93-76(81)59-51-43-33-27-26-30-38-46-54-68(6)7)65-91-95(84,85)89-61-70(77)60-88-94(82,83)90-64-71(92-75(80)58-50-42-32-25-21-17-13-15-19-23-29-37-45-53-67(4)5)62-86-73(78)56-48-40-31-24-20-16-12-10-11-14-18-22-28-36-44-52-66(2)3/h66-72,77H,9-65H2,1-8H3,(H,82,83)(H,84,85)/t69?,70-,71-,72-/m1/s1. The molecule has 564 valence electrons. The van der Waals surface area contributed by atoms with Crippen molar-refractivity contribution in [3.05, 3.63) is 0 Å². The molecule has 0 aromatic heterocycles. The summed E-state index contributed by atoms with van der Waals surface area (Å²) >= 11 is 0. The lowest BCUT2D eigenvalue weighted by atomic mass is 10.00. The highest BCUT2D eigenvalue weighted by atomic mass is 31.2. The fourth-order valence-electron chi connectivity index (χ4n) is 11.5. The minimum absolute atomic E-state index is 0.103. The van der Waals surface area contributed by atoms with Crippen LogP contribution in [0.15, 0.2) is 0 Å². The van der Waals surface area contributed by atoms with Crippen LogP contribution in [0.1, 0.15) is 383 Å². The number of hydrogen-bond donors (Lipinski definition) is 3. The highest BCUT2D eigenvalue weighted by molar-refractivity contribution is 7.47. The van der Waals surface area contributed by atoms with E-state index in [-0.39, 0.29) is 25.7 Å². The summed E-state index contributed by atoms with van der Waals surface area (Å²) in [7, 11) is -9.91. The smallest absolute Gasteiger partial charge is 0.462 e. The van der Waals surface area contributed by atoms with Crippen LogP contribution in [0, 0.1) is 23.7 Å². The van der Waals surface area contributed by atoms with Crippen LogP contribution >= 0.6 is 15.6 Å². The Morgan fingerprint density at radius 1 is 0.295 bits per heavy atom. The number of unbranched alkanes of at least 4 members (excludes halogenated alkanes) is 38. The molecule has 0 aromatic carbocycles. The molecule has 6 atom stereocenters. The van der Waals surface area contributed by atoms with Gasteiger partial charge >= 0.3 is 39.5 Å². The topological polar surface area (TPSA) is 237 Å². The number of hydrogen-bond acceptors (Lipinski definition) is 15. The van der Waals surface area contributed by atoms with Crippen molar-refractivity contribution in [2.75, 3.05) is 39.6 Å². The van der Waals surface area contributed by atoms with Crippen molar-refractivity contribution in [1.82, 2.24) is 0 Å². The van der Waals surface area contributed by atoms with Crippen LogP contribution in [0.25, 0.3) is 0 Å². The summed E-state index contributed by atoms with van der Waals surface area (Å²) < 4.78 is 68.5. The van der Waals surface area contributed by atoms with Gasteiger partial charge in [0, 0.05) is 25.7 Å². The summed E-state index contributed by atoms with van der Waals surface area (Å²) in [4.78, 5) is 72.8. The summed E-state index contributed by atoms with van der Waals surface area (Å²) in [6.45, 7) is 14.2. The first-order chi connectivity index (χ1) is 45.6. The van der Waals surface area contributed by atoms with E-state index >= 15 is 0 Å². The second kappa shape index (κ2) is 65.4. The molecule has 0 amide bonds. The maximum atomic E-state index is 13.1. The fourth-order valence-corrected chi connectivity index (χ4v) is 13.1. The molecule has 0 aliphatic carbocycles. The predicted molar refractivity (Wildman–Crippen MR) is 386 cm³/mol. The molecule has 95 heavy (non-hydrogen) atoms. The summed E-state index contributed by atoms with van der Waals surface area (Å²) in [5, 5.41) is 10.6. The van der Waals surface area contributed by atoms with Crippen molar-refractivity contribution in [2.24, 2.45) is 23.7 Å². The molecular weight excluding hydrogens is 1250 g/mol. The zero-order chi connectivity index (χ0) is 70.3. The minimum atomic E-state index is -4.96. The number of aliphatic hydroxyl groups is 1. The van der Waals surface area contributed by atoms with Crippen molar-refractivity contribution in [3.63, 3.8) is 0 Å². The van der Waals surface area contributed by atoms with E-state index in [2.05, 4.69) is 55.4 Å². The quantitative estimate of drug-likeness (QED) is 0.0222. The zero-order valence-electron chi connectivity index (χ0n) is 62.3. The maximum absolute atomic E-state index is 13.1. The first kappa shape index (κ1) is 93.1. The molecule has 0 rings (SSSR count). The van der Waals surface area contributed by atoms with Gasteiger partial charge in [0.25, 0.3) is 0 Å². The Hall–Kier alpha value is -1.94. The molecule has 3 N–H and O–H groups in total. The number of esters is 4. The van der Waals surface area contributed by atoms with Gasteiger partial charge in [-0.05, 0) is 49.4 Å². The van der Waals surface area contributed by atoms with E-state index in [9.17, 15) is 43.2 Å². The van der Waals surface area contributed by atoms with Crippen LogP contribution in [0.5, 0.6) is 0 Å². The molecule has 19 heteroatoms. The lowest BCUT2D eigenvalue weighted by Crippen LogP contribution is -2.30. The number of carbonyl (C=O) groups excluding carboxylic acids is 4. The highest BCUT2D eigenvalue weighted by Crippen LogP contribution is 2.45. The first-order valence-corrected chi connectivity index (χ1v) is 42.2. The molecule has 0 spiro atoms. The summed E-state index contributed by atoms with van der Waals surface area (Å²) in [5.74, 6) is 0.919. The van der Waals surface area contributed by atoms with Crippen LogP contribution < -0.4 is 0 Å². The summed E-state index contributed by atoms with van der Waals surface area (Å²) in [6, 6.07) is 0. The molecule has 17 nitrogen and oxygen atoms in total. The summed E-state index contributed by atoms with van der Waals surface area (Å²) in [6.07, 6.45) is 50.1. The molecule has 3 unspecified atom stereocenters. The second-order valence-electron chi connectivity index (χ2n) is 29.1.